The van der Waals surface area contributed by atoms with Crippen molar-refractivity contribution in [2.75, 3.05) is 27.4 Å². The minimum atomic E-state index is -0.637. The van der Waals surface area contributed by atoms with Gasteiger partial charge in [0.15, 0.2) is 18.1 Å². The molecular weight excluding hydrogens is 348 g/mol. The van der Waals surface area contributed by atoms with Crippen molar-refractivity contribution in [2.24, 2.45) is 0 Å². The Bertz CT molecular complexity index is 744. The summed E-state index contributed by atoms with van der Waals surface area (Å²) in [5.74, 6) is 0.255. The molecule has 1 heterocycles. The van der Waals surface area contributed by atoms with Crippen LogP contribution in [0.1, 0.15) is 16.1 Å². The minimum absolute atomic E-state index is 0.197. The first-order valence-corrected chi connectivity index (χ1v) is 7.90. The maximum absolute atomic E-state index is 11.7. The van der Waals surface area contributed by atoms with E-state index in [0.717, 1.165) is 5.56 Å². The normalized spacial score (nSPS) is 10.2. The van der Waals surface area contributed by atoms with Crippen LogP contribution in [0.15, 0.2) is 30.5 Å². The van der Waals surface area contributed by atoms with Crippen LogP contribution in [0.2, 0.25) is 5.02 Å². The Morgan fingerprint density at radius 1 is 1.16 bits per heavy atom. The van der Waals surface area contributed by atoms with E-state index in [1.54, 1.807) is 20.3 Å². The molecule has 0 aliphatic carbocycles. The molecule has 1 amide bonds. The van der Waals surface area contributed by atoms with Crippen LogP contribution in [-0.2, 0) is 16.0 Å². The molecule has 0 bridgehead atoms. The van der Waals surface area contributed by atoms with Crippen molar-refractivity contribution in [2.45, 2.75) is 6.42 Å². The summed E-state index contributed by atoms with van der Waals surface area (Å²) in [5, 5.41) is 3.08. The lowest BCUT2D eigenvalue weighted by atomic mass is 10.1. The van der Waals surface area contributed by atoms with Crippen LogP contribution in [0.4, 0.5) is 0 Å². The molecule has 1 aromatic carbocycles. The Morgan fingerprint density at radius 3 is 2.56 bits per heavy atom. The predicted octanol–water partition coefficient (Wildman–Crippen LogP) is 2.20. The maximum Gasteiger partial charge on any atom is 0.355 e. The van der Waals surface area contributed by atoms with Crippen LogP contribution in [-0.4, -0.2) is 44.2 Å². The molecule has 0 radical (unpaired) electrons. The van der Waals surface area contributed by atoms with E-state index in [1.165, 1.54) is 12.3 Å². The van der Waals surface area contributed by atoms with Crippen molar-refractivity contribution >= 4 is 23.5 Å². The third-order valence-electron chi connectivity index (χ3n) is 3.39. The number of aromatic amines is 1. The van der Waals surface area contributed by atoms with Crippen molar-refractivity contribution in [1.82, 2.24) is 10.3 Å². The van der Waals surface area contributed by atoms with Gasteiger partial charge in [0.05, 0.1) is 19.2 Å². The molecule has 0 atom stereocenters. The highest BCUT2D eigenvalue weighted by Crippen LogP contribution is 2.27. The second-order valence-corrected chi connectivity index (χ2v) is 5.53. The largest absolute Gasteiger partial charge is 0.493 e. The van der Waals surface area contributed by atoms with Crippen molar-refractivity contribution in [3.05, 3.63) is 46.7 Å². The molecule has 25 heavy (non-hydrogen) atoms. The Hall–Kier alpha value is -2.67. The van der Waals surface area contributed by atoms with Crippen molar-refractivity contribution in [1.29, 1.82) is 0 Å². The van der Waals surface area contributed by atoms with Gasteiger partial charge in [-0.1, -0.05) is 17.7 Å². The maximum atomic E-state index is 11.7. The molecule has 8 heteroatoms. The van der Waals surface area contributed by atoms with Crippen LogP contribution in [0.5, 0.6) is 11.5 Å². The lowest BCUT2D eigenvalue weighted by Gasteiger charge is -2.10. The zero-order valence-corrected chi connectivity index (χ0v) is 14.7. The molecule has 2 rings (SSSR count). The first-order chi connectivity index (χ1) is 12.0. The monoisotopic (exact) mass is 366 g/mol. The molecule has 0 saturated carbocycles. The Labute approximate surface area is 150 Å². The van der Waals surface area contributed by atoms with Gasteiger partial charge >= 0.3 is 5.97 Å². The molecule has 0 saturated heterocycles. The number of nitrogens with one attached hydrogen (secondary N) is 2. The SMILES string of the molecule is COc1ccc(CCNC(=O)COC(=O)c2cc(Cl)c[nH]2)cc1OC. The second kappa shape index (κ2) is 8.98. The number of H-pyrrole nitrogens is 1. The van der Waals surface area contributed by atoms with Gasteiger partial charge in [-0.15, -0.1) is 0 Å². The number of benzene rings is 1. The standard InChI is InChI=1S/C17H19ClN2O5/c1-23-14-4-3-11(7-15(14)24-2)5-6-19-16(21)10-25-17(22)13-8-12(18)9-20-13/h3-4,7-9,20H,5-6,10H2,1-2H3,(H,19,21). The molecule has 0 spiro atoms. The highest BCUT2D eigenvalue weighted by Gasteiger charge is 2.12. The summed E-state index contributed by atoms with van der Waals surface area (Å²) in [6, 6.07) is 6.97. The van der Waals surface area contributed by atoms with Crippen LogP contribution < -0.4 is 14.8 Å². The molecule has 2 N–H and O–H groups in total. The van der Waals surface area contributed by atoms with Gasteiger partial charge in [0.2, 0.25) is 0 Å². The number of rotatable bonds is 8. The van der Waals surface area contributed by atoms with E-state index >= 15 is 0 Å². The second-order valence-electron chi connectivity index (χ2n) is 5.10. The van der Waals surface area contributed by atoms with Gasteiger partial charge in [-0.25, -0.2) is 4.79 Å². The third-order valence-corrected chi connectivity index (χ3v) is 3.60. The van der Waals surface area contributed by atoms with Gasteiger partial charge in [-0.2, -0.15) is 0 Å². The molecule has 0 aliphatic rings. The van der Waals surface area contributed by atoms with Crippen molar-refractivity contribution in [3.8, 4) is 11.5 Å². The van der Waals surface area contributed by atoms with E-state index in [4.69, 9.17) is 25.8 Å². The number of hydrogen-bond acceptors (Lipinski definition) is 5. The summed E-state index contributed by atoms with van der Waals surface area (Å²) in [7, 11) is 3.13. The summed E-state index contributed by atoms with van der Waals surface area (Å²) in [6.07, 6.45) is 2.06. The lowest BCUT2D eigenvalue weighted by molar-refractivity contribution is -0.124. The van der Waals surface area contributed by atoms with Crippen molar-refractivity contribution < 1.29 is 23.8 Å². The van der Waals surface area contributed by atoms with Crippen LogP contribution in [0.25, 0.3) is 0 Å². The number of carbonyl (C=O) groups excluding carboxylic acids is 2. The van der Waals surface area contributed by atoms with Gasteiger partial charge in [0.25, 0.3) is 5.91 Å². The fraction of sp³-hybridized carbons (Fsp3) is 0.294. The van der Waals surface area contributed by atoms with Gasteiger partial charge < -0.3 is 24.5 Å². The highest BCUT2D eigenvalue weighted by molar-refractivity contribution is 6.30. The Balaban J connectivity index is 1.74. The highest BCUT2D eigenvalue weighted by atomic mass is 35.5. The van der Waals surface area contributed by atoms with Crippen molar-refractivity contribution in [3.63, 3.8) is 0 Å². The molecule has 0 aliphatic heterocycles. The summed E-state index contributed by atoms with van der Waals surface area (Å²) < 4.78 is 15.3. The molecule has 0 unspecified atom stereocenters. The molecular formula is C17H19ClN2O5. The first kappa shape index (κ1) is 18.7. The zero-order chi connectivity index (χ0) is 18.2. The van der Waals surface area contributed by atoms with Gasteiger partial charge in [0, 0.05) is 12.7 Å². The zero-order valence-electron chi connectivity index (χ0n) is 13.9. The average molecular weight is 367 g/mol. The number of carbonyl (C=O) groups is 2. The summed E-state index contributed by atoms with van der Waals surface area (Å²) in [5.41, 5.74) is 1.18. The van der Waals surface area contributed by atoms with E-state index in [9.17, 15) is 9.59 Å². The number of esters is 1. The van der Waals surface area contributed by atoms with Gasteiger partial charge in [-0.3, -0.25) is 4.79 Å². The Kier molecular flexibility index (Phi) is 6.71. The molecule has 7 nitrogen and oxygen atoms in total. The quantitative estimate of drug-likeness (QED) is 0.699. The van der Waals surface area contributed by atoms with Crippen LogP contribution >= 0.6 is 11.6 Å². The number of amides is 1. The number of hydrogen-bond donors (Lipinski definition) is 2. The number of ether oxygens (including phenoxy) is 3. The fourth-order valence-electron chi connectivity index (χ4n) is 2.13. The predicted molar refractivity (Wildman–Crippen MR) is 92.3 cm³/mol. The smallest absolute Gasteiger partial charge is 0.355 e. The molecule has 2 aromatic rings. The van der Waals surface area contributed by atoms with E-state index in [0.29, 0.717) is 29.5 Å². The van der Waals surface area contributed by atoms with E-state index in [1.807, 2.05) is 12.1 Å². The van der Waals surface area contributed by atoms with E-state index in [2.05, 4.69) is 10.3 Å². The van der Waals surface area contributed by atoms with Crippen LogP contribution in [0, 0.1) is 0 Å². The topological polar surface area (TPSA) is 89.6 Å². The Morgan fingerprint density at radius 2 is 1.92 bits per heavy atom. The molecule has 134 valence electrons. The number of aromatic nitrogens is 1. The number of methoxy groups -OCH3 is 2. The van der Waals surface area contributed by atoms with Crippen LogP contribution in [0.3, 0.4) is 0 Å². The lowest BCUT2D eigenvalue weighted by Crippen LogP contribution is -2.30. The van der Waals surface area contributed by atoms with E-state index < -0.39 is 5.97 Å². The first-order valence-electron chi connectivity index (χ1n) is 7.52. The fourth-order valence-corrected chi connectivity index (χ4v) is 2.29. The van der Waals surface area contributed by atoms with Gasteiger partial charge in [0.1, 0.15) is 5.69 Å². The summed E-state index contributed by atoms with van der Waals surface area (Å²) in [4.78, 5) is 26.1. The number of halogens is 1. The molecule has 1 aromatic heterocycles. The summed E-state index contributed by atoms with van der Waals surface area (Å²) >= 11 is 5.70. The minimum Gasteiger partial charge on any atom is -0.493 e. The van der Waals surface area contributed by atoms with Gasteiger partial charge in [-0.05, 0) is 30.2 Å². The average Bonchev–Trinajstić information content (AvgIpc) is 3.06. The molecule has 0 fully saturated rings. The van der Waals surface area contributed by atoms with E-state index in [-0.39, 0.29) is 18.2 Å². The summed E-state index contributed by atoms with van der Waals surface area (Å²) in [6.45, 7) is 0.0433. The third kappa shape index (κ3) is 5.42.